The van der Waals surface area contributed by atoms with E-state index < -0.39 is 0 Å². The molecular weight excluding hydrogens is 294 g/mol. The Bertz CT molecular complexity index is 655. The van der Waals surface area contributed by atoms with Crippen molar-refractivity contribution in [3.63, 3.8) is 0 Å². The van der Waals surface area contributed by atoms with Gasteiger partial charge in [-0.05, 0) is 6.42 Å². The first-order valence-corrected chi connectivity index (χ1v) is 6.85. The summed E-state index contributed by atoms with van der Waals surface area (Å²) >= 11 is 6.09. The van der Waals surface area contributed by atoms with Gasteiger partial charge in [0.2, 0.25) is 0 Å². The second-order valence-corrected chi connectivity index (χ2v) is 4.77. The van der Waals surface area contributed by atoms with Crippen LogP contribution in [0.1, 0.15) is 29.5 Å². The van der Waals surface area contributed by atoms with Gasteiger partial charge in [-0.15, -0.1) is 5.10 Å². The van der Waals surface area contributed by atoms with Gasteiger partial charge in [0.25, 0.3) is 0 Å². The molecule has 1 heterocycles. The van der Waals surface area contributed by atoms with E-state index in [-0.39, 0.29) is 0 Å². The van der Waals surface area contributed by atoms with E-state index in [1.165, 1.54) is 7.11 Å². The zero-order chi connectivity index (χ0) is 15.4. The first-order chi connectivity index (χ1) is 10.2. The molecule has 0 N–H and O–H groups in total. The number of hydrogen-bond donors (Lipinski definition) is 0. The minimum absolute atomic E-state index is 0.327. The number of benzene rings is 1. The van der Waals surface area contributed by atoms with Crippen LogP contribution in [0.2, 0.25) is 5.02 Å². The van der Waals surface area contributed by atoms with Crippen LogP contribution in [0.3, 0.4) is 0 Å². The lowest BCUT2D eigenvalue weighted by molar-refractivity contribution is 0.111. The molecule has 0 radical (unpaired) electrons. The molecule has 0 saturated heterocycles. The fraction of sp³-hybridized carbons (Fsp3) is 0.357. The van der Waals surface area contributed by atoms with E-state index in [0.29, 0.717) is 40.6 Å². The normalized spacial score (nSPS) is 10.5. The molecule has 1 aromatic carbocycles. The second kappa shape index (κ2) is 6.58. The van der Waals surface area contributed by atoms with Crippen LogP contribution in [-0.2, 0) is 6.42 Å². The highest BCUT2D eigenvalue weighted by atomic mass is 35.5. The van der Waals surface area contributed by atoms with Gasteiger partial charge in [-0.3, -0.25) is 4.79 Å². The van der Waals surface area contributed by atoms with Gasteiger partial charge in [-0.1, -0.05) is 30.2 Å². The van der Waals surface area contributed by atoms with Crippen molar-refractivity contribution in [3.05, 3.63) is 28.5 Å². The number of hydrogen-bond acceptors (Lipinski definition) is 5. The van der Waals surface area contributed by atoms with Gasteiger partial charge in [0.1, 0.15) is 22.9 Å². The van der Waals surface area contributed by atoms with Crippen LogP contribution in [0.4, 0.5) is 0 Å². The van der Waals surface area contributed by atoms with Crippen LogP contribution in [0.15, 0.2) is 12.1 Å². The van der Waals surface area contributed by atoms with Gasteiger partial charge in [0, 0.05) is 12.1 Å². The van der Waals surface area contributed by atoms with Gasteiger partial charge in [-0.25, -0.2) is 4.68 Å². The number of aromatic nitrogens is 3. The predicted molar refractivity (Wildman–Crippen MR) is 78.9 cm³/mol. The summed E-state index contributed by atoms with van der Waals surface area (Å²) in [5.41, 5.74) is 1.69. The molecule has 2 rings (SSSR count). The quantitative estimate of drug-likeness (QED) is 0.768. The summed E-state index contributed by atoms with van der Waals surface area (Å²) in [6.07, 6.45) is 2.24. The predicted octanol–water partition coefficient (Wildman–Crippen LogP) is 2.70. The number of rotatable bonds is 6. The third-order valence-electron chi connectivity index (χ3n) is 3.07. The van der Waals surface area contributed by atoms with Crippen molar-refractivity contribution in [1.82, 2.24) is 15.0 Å². The van der Waals surface area contributed by atoms with Crippen LogP contribution in [-0.4, -0.2) is 35.5 Å². The summed E-state index contributed by atoms with van der Waals surface area (Å²) < 4.78 is 12.1. The molecule has 0 aliphatic heterocycles. The highest BCUT2D eigenvalue weighted by molar-refractivity contribution is 6.32. The summed E-state index contributed by atoms with van der Waals surface area (Å²) in [5, 5.41) is 8.38. The zero-order valence-corrected chi connectivity index (χ0v) is 12.8. The van der Waals surface area contributed by atoms with Gasteiger partial charge < -0.3 is 9.47 Å². The smallest absolute Gasteiger partial charge is 0.172 e. The van der Waals surface area contributed by atoms with Gasteiger partial charge >= 0.3 is 0 Å². The fourth-order valence-electron chi connectivity index (χ4n) is 2.08. The molecule has 0 unspecified atom stereocenters. The molecule has 6 nitrogen and oxygen atoms in total. The average Bonchev–Trinajstić information content (AvgIpc) is 2.90. The highest BCUT2D eigenvalue weighted by Gasteiger charge is 2.18. The Hall–Kier alpha value is -2.08. The average molecular weight is 310 g/mol. The van der Waals surface area contributed by atoms with E-state index in [9.17, 15) is 4.79 Å². The molecule has 0 bridgehead atoms. The standard InChI is InChI=1S/C14H16ClN3O3/c1-4-5-11-10(8-19)16-17-18(11)12-7-13(20-2)9(15)6-14(12)21-3/h6-8H,4-5H2,1-3H3. The Morgan fingerprint density at radius 2 is 2.00 bits per heavy atom. The highest BCUT2D eigenvalue weighted by Crippen LogP contribution is 2.35. The number of carbonyl (C=O) groups excluding carboxylic acids is 1. The third kappa shape index (κ3) is 2.85. The Morgan fingerprint density at radius 1 is 1.29 bits per heavy atom. The van der Waals surface area contributed by atoms with Crippen molar-refractivity contribution in [2.24, 2.45) is 0 Å². The van der Waals surface area contributed by atoms with Crippen molar-refractivity contribution >= 4 is 17.9 Å². The zero-order valence-electron chi connectivity index (χ0n) is 12.1. The summed E-state index contributed by atoms with van der Waals surface area (Å²) in [4.78, 5) is 11.1. The topological polar surface area (TPSA) is 66.2 Å². The van der Waals surface area contributed by atoms with E-state index in [1.807, 2.05) is 6.92 Å². The van der Waals surface area contributed by atoms with E-state index >= 15 is 0 Å². The Balaban J connectivity index is 2.65. The minimum atomic E-state index is 0.327. The molecule has 0 aliphatic carbocycles. The van der Waals surface area contributed by atoms with E-state index in [0.717, 1.165) is 12.1 Å². The van der Waals surface area contributed by atoms with Crippen molar-refractivity contribution in [3.8, 4) is 17.2 Å². The summed E-state index contributed by atoms with van der Waals surface area (Å²) in [6.45, 7) is 2.02. The Morgan fingerprint density at radius 3 is 2.57 bits per heavy atom. The first kappa shape index (κ1) is 15.3. The number of aldehydes is 1. The second-order valence-electron chi connectivity index (χ2n) is 4.36. The van der Waals surface area contributed by atoms with E-state index in [4.69, 9.17) is 21.1 Å². The summed E-state index contributed by atoms with van der Waals surface area (Å²) in [5.74, 6) is 1.03. The number of ether oxygens (including phenoxy) is 2. The van der Waals surface area contributed by atoms with Crippen molar-refractivity contribution < 1.29 is 14.3 Å². The monoisotopic (exact) mass is 309 g/mol. The Kier molecular flexibility index (Phi) is 4.80. The minimum Gasteiger partial charge on any atom is -0.495 e. The lowest BCUT2D eigenvalue weighted by Gasteiger charge is -2.13. The Labute approximate surface area is 127 Å². The van der Waals surface area contributed by atoms with E-state index in [1.54, 1.807) is 23.9 Å². The molecule has 7 heteroatoms. The van der Waals surface area contributed by atoms with Crippen LogP contribution in [0, 0.1) is 0 Å². The number of methoxy groups -OCH3 is 2. The molecule has 0 amide bonds. The molecule has 21 heavy (non-hydrogen) atoms. The molecule has 0 saturated carbocycles. The first-order valence-electron chi connectivity index (χ1n) is 6.47. The van der Waals surface area contributed by atoms with Crippen molar-refractivity contribution in [2.45, 2.75) is 19.8 Å². The molecule has 0 spiro atoms. The molecule has 1 aromatic heterocycles. The number of halogens is 1. The van der Waals surface area contributed by atoms with Crippen LogP contribution >= 0.6 is 11.6 Å². The molecule has 2 aromatic rings. The molecule has 0 fully saturated rings. The molecule has 0 atom stereocenters. The van der Waals surface area contributed by atoms with Gasteiger partial charge in [-0.2, -0.15) is 0 Å². The van der Waals surface area contributed by atoms with Crippen molar-refractivity contribution in [1.29, 1.82) is 0 Å². The van der Waals surface area contributed by atoms with Crippen LogP contribution < -0.4 is 9.47 Å². The lowest BCUT2D eigenvalue weighted by atomic mass is 10.2. The fourth-order valence-corrected chi connectivity index (χ4v) is 2.31. The maximum absolute atomic E-state index is 11.1. The maximum Gasteiger partial charge on any atom is 0.172 e. The van der Waals surface area contributed by atoms with Crippen molar-refractivity contribution in [2.75, 3.05) is 14.2 Å². The number of carbonyl (C=O) groups is 1. The molecule has 0 aliphatic rings. The van der Waals surface area contributed by atoms with Gasteiger partial charge in [0.15, 0.2) is 6.29 Å². The lowest BCUT2D eigenvalue weighted by Crippen LogP contribution is -2.06. The third-order valence-corrected chi connectivity index (χ3v) is 3.37. The molecule has 112 valence electrons. The summed E-state index contributed by atoms with van der Waals surface area (Å²) in [6, 6.07) is 3.36. The molecular formula is C14H16ClN3O3. The number of nitrogens with zero attached hydrogens (tertiary/aromatic N) is 3. The largest absolute Gasteiger partial charge is 0.495 e. The SMILES string of the molecule is CCCc1c(C=O)nnn1-c1cc(OC)c(Cl)cc1OC. The summed E-state index contributed by atoms with van der Waals surface area (Å²) in [7, 11) is 3.07. The van der Waals surface area contributed by atoms with Gasteiger partial charge in [0.05, 0.1) is 24.9 Å². The maximum atomic E-state index is 11.1. The van der Waals surface area contributed by atoms with Crippen LogP contribution in [0.5, 0.6) is 11.5 Å². The van der Waals surface area contributed by atoms with Crippen LogP contribution in [0.25, 0.3) is 5.69 Å². The van der Waals surface area contributed by atoms with E-state index in [2.05, 4.69) is 10.3 Å².